The van der Waals surface area contributed by atoms with Gasteiger partial charge in [-0.2, -0.15) is 0 Å². The molecule has 10 heteroatoms. The number of ether oxygens (including phenoxy) is 1. The van der Waals surface area contributed by atoms with Crippen molar-refractivity contribution in [3.63, 3.8) is 0 Å². The normalized spacial score (nSPS) is 19.0. The third-order valence-corrected chi connectivity index (χ3v) is 5.59. The first kappa shape index (κ1) is 17.9. The van der Waals surface area contributed by atoms with Crippen LogP contribution in [0.15, 0.2) is 28.4 Å². The molecule has 9 nitrogen and oxygen atoms in total. The topological polar surface area (TPSA) is 102 Å². The van der Waals surface area contributed by atoms with E-state index in [2.05, 4.69) is 25.2 Å². The maximum absolute atomic E-state index is 12.5. The van der Waals surface area contributed by atoms with Crippen LogP contribution in [0.3, 0.4) is 0 Å². The summed E-state index contributed by atoms with van der Waals surface area (Å²) >= 11 is 1.50. The van der Waals surface area contributed by atoms with Crippen LogP contribution in [0.1, 0.15) is 18.2 Å². The fourth-order valence-electron chi connectivity index (χ4n) is 3.20. The van der Waals surface area contributed by atoms with Crippen LogP contribution in [0.4, 0.5) is 11.6 Å². The Balaban J connectivity index is 1.43. The van der Waals surface area contributed by atoms with Crippen LogP contribution >= 0.6 is 11.8 Å². The zero-order chi connectivity index (χ0) is 18.8. The van der Waals surface area contributed by atoms with Crippen LogP contribution in [-0.2, 0) is 9.53 Å². The van der Waals surface area contributed by atoms with Gasteiger partial charge >= 0.3 is 0 Å². The Labute approximate surface area is 160 Å². The van der Waals surface area contributed by atoms with E-state index in [-0.39, 0.29) is 23.9 Å². The van der Waals surface area contributed by atoms with Crippen molar-refractivity contribution < 1.29 is 9.53 Å². The predicted molar refractivity (Wildman–Crippen MR) is 101 cm³/mol. The molecule has 0 radical (unpaired) electrons. The first-order chi connectivity index (χ1) is 13.1. The highest BCUT2D eigenvalue weighted by Gasteiger charge is 2.27. The summed E-state index contributed by atoms with van der Waals surface area (Å²) in [7, 11) is 0. The van der Waals surface area contributed by atoms with E-state index in [0.29, 0.717) is 35.6 Å². The number of aromatic nitrogens is 4. The Morgan fingerprint density at radius 3 is 2.96 bits per heavy atom. The van der Waals surface area contributed by atoms with Gasteiger partial charge in [0.1, 0.15) is 18.0 Å². The molecule has 0 aliphatic carbocycles. The number of amides is 1. The van der Waals surface area contributed by atoms with Crippen LogP contribution < -0.4 is 15.8 Å². The second-order valence-corrected chi connectivity index (χ2v) is 7.45. The van der Waals surface area contributed by atoms with Gasteiger partial charge in [0.05, 0.1) is 19.3 Å². The molecule has 2 aromatic heterocycles. The number of morpholine rings is 1. The average molecular weight is 388 g/mol. The SMILES string of the molecule is Cc1cc(=O)n2c(n1)SCC2CC(=O)Nc1cc(N2CCOCC2)ncn1. The quantitative estimate of drug-likeness (QED) is 0.770. The first-order valence-electron chi connectivity index (χ1n) is 8.78. The molecule has 1 fully saturated rings. The fraction of sp³-hybridized carbons (Fsp3) is 0.471. The molecule has 1 atom stereocenters. The van der Waals surface area contributed by atoms with E-state index < -0.39 is 0 Å². The van der Waals surface area contributed by atoms with Gasteiger partial charge in [-0.3, -0.25) is 14.2 Å². The second kappa shape index (κ2) is 7.65. The summed E-state index contributed by atoms with van der Waals surface area (Å²) < 4.78 is 6.95. The van der Waals surface area contributed by atoms with Crippen molar-refractivity contribution in [1.29, 1.82) is 0 Å². The Bertz CT molecular complexity index is 912. The van der Waals surface area contributed by atoms with E-state index in [0.717, 1.165) is 18.9 Å². The van der Waals surface area contributed by atoms with E-state index in [9.17, 15) is 9.59 Å². The number of nitrogens with zero attached hydrogens (tertiary/aromatic N) is 5. The minimum atomic E-state index is -0.203. The molecule has 1 amide bonds. The second-order valence-electron chi connectivity index (χ2n) is 6.47. The predicted octanol–water partition coefficient (Wildman–Crippen LogP) is 0.854. The maximum atomic E-state index is 12.5. The molecule has 142 valence electrons. The fourth-order valence-corrected chi connectivity index (χ4v) is 4.40. The molecule has 0 aromatic carbocycles. The van der Waals surface area contributed by atoms with E-state index in [1.54, 1.807) is 17.6 Å². The third-order valence-electron chi connectivity index (χ3n) is 4.49. The Hall–Kier alpha value is -2.46. The molecular weight excluding hydrogens is 368 g/mol. The molecule has 4 heterocycles. The number of hydrogen-bond acceptors (Lipinski definition) is 8. The number of anilines is 2. The summed E-state index contributed by atoms with van der Waals surface area (Å²) in [4.78, 5) is 39.6. The monoisotopic (exact) mass is 388 g/mol. The van der Waals surface area contributed by atoms with Crippen molar-refractivity contribution in [2.24, 2.45) is 0 Å². The largest absolute Gasteiger partial charge is 0.378 e. The summed E-state index contributed by atoms with van der Waals surface area (Å²) in [5, 5.41) is 3.49. The van der Waals surface area contributed by atoms with Crippen molar-refractivity contribution in [2.45, 2.75) is 24.5 Å². The number of hydrogen-bond donors (Lipinski definition) is 1. The number of thioether (sulfide) groups is 1. The van der Waals surface area contributed by atoms with Gasteiger partial charge in [0, 0.05) is 43.1 Å². The molecule has 27 heavy (non-hydrogen) atoms. The molecule has 0 saturated carbocycles. The van der Waals surface area contributed by atoms with Crippen molar-refractivity contribution in [1.82, 2.24) is 19.5 Å². The Kier molecular flexibility index (Phi) is 5.08. The summed E-state index contributed by atoms with van der Waals surface area (Å²) in [5.41, 5.74) is 0.581. The van der Waals surface area contributed by atoms with E-state index in [1.165, 1.54) is 24.2 Å². The number of rotatable bonds is 4. The number of nitrogens with one attached hydrogen (secondary N) is 1. The smallest absolute Gasteiger partial charge is 0.254 e. The molecule has 4 rings (SSSR count). The molecule has 0 bridgehead atoms. The summed E-state index contributed by atoms with van der Waals surface area (Å²) in [6.45, 7) is 4.63. The van der Waals surface area contributed by atoms with Gasteiger partial charge in [-0.15, -0.1) is 0 Å². The van der Waals surface area contributed by atoms with Gasteiger partial charge < -0.3 is 15.0 Å². The molecular formula is C17H20N6O3S. The Morgan fingerprint density at radius 2 is 2.15 bits per heavy atom. The minimum absolute atomic E-state index is 0.114. The van der Waals surface area contributed by atoms with Crippen molar-refractivity contribution in [3.8, 4) is 0 Å². The zero-order valence-electron chi connectivity index (χ0n) is 14.9. The van der Waals surface area contributed by atoms with Crippen LogP contribution in [0.5, 0.6) is 0 Å². The highest BCUT2D eigenvalue weighted by Crippen LogP contribution is 2.32. The van der Waals surface area contributed by atoms with Crippen LogP contribution in [0.25, 0.3) is 0 Å². The summed E-state index contributed by atoms with van der Waals surface area (Å²) in [6, 6.07) is 3.06. The van der Waals surface area contributed by atoms with E-state index in [4.69, 9.17) is 4.74 Å². The number of carbonyl (C=O) groups excluding carboxylic acids is 1. The zero-order valence-corrected chi connectivity index (χ0v) is 15.7. The number of fused-ring (bicyclic) bond motifs is 1. The lowest BCUT2D eigenvalue weighted by molar-refractivity contribution is -0.116. The summed E-state index contributed by atoms with van der Waals surface area (Å²) in [6.07, 6.45) is 1.64. The van der Waals surface area contributed by atoms with Gasteiger partial charge in [-0.05, 0) is 6.92 Å². The molecule has 2 aromatic rings. The summed E-state index contributed by atoms with van der Waals surface area (Å²) in [5.74, 6) is 1.69. The molecule has 1 saturated heterocycles. The molecule has 2 aliphatic rings. The van der Waals surface area contributed by atoms with Gasteiger partial charge in [0.2, 0.25) is 5.91 Å². The standard InChI is InChI=1S/C17H20N6O3S/c1-11-6-16(25)23-12(9-27-17(23)20-11)7-15(24)21-13-8-14(19-10-18-13)22-2-4-26-5-3-22/h6,8,10,12H,2-5,7,9H2,1H3,(H,18,19,21,24). The van der Waals surface area contributed by atoms with E-state index in [1.807, 2.05) is 0 Å². The molecule has 0 spiro atoms. The van der Waals surface area contributed by atoms with Crippen molar-refractivity contribution >= 4 is 29.3 Å². The molecule has 2 aliphatic heterocycles. The van der Waals surface area contributed by atoms with Crippen LogP contribution in [0.2, 0.25) is 0 Å². The van der Waals surface area contributed by atoms with Crippen molar-refractivity contribution in [3.05, 3.63) is 34.5 Å². The van der Waals surface area contributed by atoms with Gasteiger partial charge in [-0.25, -0.2) is 15.0 Å². The lowest BCUT2D eigenvalue weighted by Crippen LogP contribution is -2.36. The lowest BCUT2D eigenvalue weighted by Gasteiger charge is -2.27. The van der Waals surface area contributed by atoms with Crippen LogP contribution in [-0.4, -0.2) is 57.5 Å². The van der Waals surface area contributed by atoms with Gasteiger partial charge in [0.15, 0.2) is 5.16 Å². The molecule has 1 N–H and O–H groups in total. The van der Waals surface area contributed by atoms with Crippen molar-refractivity contribution in [2.75, 3.05) is 42.3 Å². The molecule has 1 unspecified atom stereocenters. The number of aryl methyl sites for hydroxylation is 1. The third kappa shape index (κ3) is 3.96. The highest BCUT2D eigenvalue weighted by molar-refractivity contribution is 7.99. The maximum Gasteiger partial charge on any atom is 0.254 e. The van der Waals surface area contributed by atoms with Gasteiger partial charge in [-0.1, -0.05) is 11.8 Å². The van der Waals surface area contributed by atoms with Gasteiger partial charge in [0.25, 0.3) is 5.56 Å². The number of carbonyl (C=O) groups is 1. The average Bonchev–Trinajstić information content (AvgIpc) is 3.05. The Morgan fingerprint density at radius 1 is 1.33 bits per heavy atom. The highest BCUT2D eigenvalue weighted by atomic mass is 32.2. The van der Waals surface area contributed by atoms with E-state index >= 15 is 0 Å². The minimum Gasteiger partial charge on any atom is -0.378 e. The first-order valence-corrected chi connectivity index (χ1v) is 9.76. The van der Waals surface area contributed by atoms with Crippen LogP contribution in [0, 0.1) is 6.92 Å². The lowest BCUT2D eigenvalue weighted by atomic mass is 10.2.